The van der Waals surface area contributed by atoms with E-state index in [2.05, 4.69) is 13.8 Å². The van der Waals surface area contributed by atoms with Crippen molar-refractivity contribution in [1.82, 2.24) is 0 Å². The normalized spacial score (nSPS) is 37.0. The van der Waals surface area contributed by atoms with Crippen molar-refractivity contribution < 1.29 is 0 Å². The van der Waals surface area contributed by atoms with E-state index in [1.54, 1.807) is 0 Å². The second-order valence-electron chi connectivity index (χ2n) is 4.82. The molecule has 2 aliphatic carbocycles. The number of hydrogen-bond donors (Lipinski definition) is 0. The van der Waals surface area contributed by atoms with Crippen LogP contribution in [0.4, 0.5) is 0 Å². The van der Waals surface area contributed by atoms with Gasteiger partial charge < -0.3 is 0 Å². The Morgan fingerprint density at radius 1 is 1.00 bits per heavy atom. The van der Waals surface area contributed by atoms with Crippen LogP contribution in [0.25, 0.3) is 0 Å². The Kier molecular flexibility index (Phi) is 3.20. The maximum Gasteiger partial charge on any atom is -0.0323 e. The molecule has 2 atom stereocenters. The lowest BCUT2D eigenvalue weighted by Gasteiger charge is -2.25. The molecule has 72 valence electrons. The van der Waals surface area contributed by atoms with Gasteiger partial charge in [-0.15, -0.1) is 0 Å². The molecule has 0 spiro atoms. The van der Waals surface area contributed by atoms with Gasteiger partial charge in [-0.25, -0.2) is 0 Å². The minimum absolute atomic E-state index is 0.696. The SMILES string of the molecule is CC.CC1(C)CCC2CCC[C@H]21. The van der Waals surface area contributed by atoms with E-state index in [0.29, 0.717) is 5.41 Å². The molecule has 2 aliphatic rings. The third-order valence-electron chi connectivity index (χ3n) is 3.82. The first-order valence-electron chi connectivity index (χ1n) is 5.70. The van der Waals surface area contributed by atoms with Gasteiger partial charge in [0, 0.05) is 0 Å². The molecule has 0 aliphatic heterocycles. The van der Waals surface area contributed by atoms with Gasteiger partial charge in [0.25, 0.3) is 0 Å². The summed E-state index contributed by atoms with van der Waals surface area (Å²) in [7, 11) is 0. The van der Waals surface area contributed by atoms with Crippen molar-refractivity contribution in [1.29, 1.82) is 0 Å². The highest BCUT2D eigenvalue weighted by atomic mass is 14.5. The molecule has 1 unspecified atom stereocenters. The zero-order valence-corrected chi connectivity index (χ0v) is 9.19. The van der Waals surface area contributed by atoms with Crippen LogP contribution in [0.3, 0.4) is 0 Å². The van der Waals surface area contributed by atoms with E-state index in [1.165, 1.54) is 32.1 Å². The molecule has 0 heterocycles. The van der Waals surface area contributed by atoms with Crippen molar-refractivity contribution in [2.24, 2.45) is 17.3 Å². The van der Waals surface area contributed by atoms with Gasteiger partial charge in [0.15, 0.2) is 0 Å². The molecule has 0 aromatic rings. The molecule has 2 fully saturated rings. The summed E-state index contributed by atoms with van der Waals surface area (Å²) in [6, 6.07) is 0. The van der Waals surface area contributed by atoms with Crippen molar-refractivity contribution >= 4 is 0 Å². The van der Waals surface area contributed by atoms with Gasteiger partial charge in [-0.05, 0) is 36.5 Å². The first-order valence-corrected chi connectivity index (χ1v) is 5.70. The second-order valence-corrected chi connectivity index (χ2v) is 4.82. The predicted molar refractivity (Wildman–Crippen MR) is 55.2 cm³/mol. The zero-order valence-electron chi connectivity index (χ0n) is 9.19. The molecular weight excluding hydrogens is 144 g/mol. The van der Waals surface area contributed by atoms with Crippen LogP contribution in [-0.4, -0.2) is 0 Å². The molecule has 0 aromatic carbocycles. The Balaban J connectivity index is 0.000000336. The van der Waals surface area contributed by atoms with Crippen molar-refractivity contribution in [3.8, 4) is 0 Å². The van der Waals surface area contributed by atoms with Gasteiger partial charge in [0.05, 0.1) is 0 Å². The van der Waals surface area contributed by atoms with Crippen LogP contribution in [0.1, 0.15) is 59.8 Å². The minimum atomic E-state index is 0.696. The average Bonchev–Trinajstić information content (AvgIpc) is 2.60. The first-order chi connectivity index (χ1) is 5.70. The van der Waals surface area contributed by atoms with Crippen molar-refractivity contribution in [2.45, 2.75) is 59.8 Å². The summed E-state index contributed by atoms with van der Waals surface area (Å²) in [5.41, 5.74) is 0.696. The van der Waals surface area contributed by atoms with E-state index >= 15 is 0 Å². The van der Waals surface area contributed by atoms with E-state index in [0.717, 1.165) is 11.8 Å². The minimum Gasteiger partial charge on any atom is -0.0683 e. The Morgan fingerprint density at radius 3 is 2.25 bits per heavy atom. The summed E-state index contributed by atoms with van der Waals surface area (Å²) in [6.45, 7) is 8.92. The van der Waals surface area contributed by atoms with Gasteiger partial charge in [0.1, 0.15) is 0 Å². The average molecular weight is 168 g/mol. The monoisotopic (exact) mass is 168 g/mol. The second kappa shape index (κ2) is 3.81. The van der Waals surface area contributed by atoms with Crippen LogP contribution < -0.4 is 0 Å². The summed E-state index contributed by atoms with van der Waals surface area (Å²) < 4.78 is 0. The van der Waals surface area contributed by atoms with Crippen LogP contribution in [0.5, 0.6) is 0 Å². The fraction of sp³-hybridized carbons (Fsp3) is 1.00. The summed E-state index contributed by atoms with van der Waals surface area (Å²) in [5.74, 6) is 2.21. The third kappa shape index (κ3) is 1.67. The number of hydrogen-bond acceptors (Lipinski definition) is 0. The van der Waals surface area contributed by atoms with E-state index < -0.39 is 0 Å². The standard InChI is InChI=1S/C10H18.C2H6/c1-10(2)7-6-8-4-3-5-9(8)10;1-2/h8-9H,3-7H2,1-2H3;1-2H3/t8?,9-;/m1./s1. The van der Waals surface area contributed by atoms with Crippen molar-refractivity contribution in [3.05, 3.63) is 0 Å². The summed E-state index contributed by atoms with van der Waals surface area (Å²) in [6.07, 6.45) is 7.59. The van der Waals surface area contributed by atoms with Crippen LogP contribution in [0.15, 0.2) is 0 Å². The third-order valence-corrected chi connectivity index (χ3v) is 3.82. The fourth-order valence-corrected chi connectivity index (χ4v) is 3.15. The van der Waals surface area contributed by atoms with Gasteiger partial charge in [-0.1, -0.05) is 40.5 Å². The van der Waals surface area contributed by atoms with Gasteiger partial charge in [-0.3, -0.25) is 0 Å². The van der Waals surface area contributed by atoms with Gasteiger partial charge in [0.2, 0.25) is 0 Å². The maximum atomic E-state index is 2.46. The molecule has 0 radical (unpaired) electrons. The lowest BCUT2D eigenvalue weighted by Crippen LogP contribution is -2.17. The molecule has 0 bridgehead atoms. The highest BCUT2D eigenvalue weighted by Crippen LogP contribution is 2.54. The number of rotatable bonds is 0. The topological polar surface area (TPSA) is 0 Å². The van der Waals surface area contributed by atoms with Crippen LogP contribution in [0.2, 0.25) is 0 Å². The van der Waals surface area contributed by atoms with Crippen LogP contribution >= 0.6 is 0 Å². The molecule has 0 aromatic heterocycles. The van der Waals surface area contributed by atoms with Crippen LogP contribution in [0, 0.1) is 17.3 Å². The Hall–Kier alpha value is 0. The Bertz CT molecular complexity index is 135. The van der Waals surface area contributed by atoms with Crippen molar-refractivity contribution in [2.75, 3.05) is 0 Å². The fourth-order valence-electron chi connectivity index (χ4n) is 3.15. The molecular formula is C12H24. The molecule has 0 nitrogen and oxygen atoms in total. The smallest absolute Gasteiger partial charge is 0.0323 e. The van der Waals surface area contributed by atoms with E-state index in [-0.39, 0.29) is 0 Å². The Morgan fingerprint density at radius 2 is 1.67 bits per heavy atom. The lowest BCUT2D eigenvalue weighted by atomic mass is 9.80. The summed E-state index contributed by atoms with van der Waals surface area (Å²) in [5, 5.41) is 0. The lowest BCUT2D eigenvalue weighted by molar-refractivity contribution is 0.241. The van der Waals surface area contributed by atoms with Gasteiger partial charge in [-0.2, -0.15) is 0 Å². The summed E-state index contributed by atoms with van der Waals surface area (Å²) >= 11 is 0. The molecule has 2 rings (SSSR count). The quantitative estimate of drug-likeness (QED) is 0.507. The molecule has 0 amide bonds. The summed E-state index contributed by atoms with van der Waals surface area (Å²) in [4.78, 5) is 0. The molecule has 2 saturated carbocycles. The molecule has 0 heteroatoms. The number of fused-ring (bicyclic) bond motifs is 1. The van der Waals surface area contributed by atoms with E-state index in [4.69, 9.17) is 0 Å². The van der Waals surface area contributed by atoms with E-state index in [1.807, 2.05) is 13.8 Å². The first kappa shape index (κ1) is 10.1. The predicted octanol–water partition coefficient (Wildman–Crippen LogP) is 4.25. The van der Waals surface area contributed by atoms with E-state index in [9.17, 15) is 0 Å². The molecule has 0 saturated heterocycles. The van der Waals surface area contributed by atoms with Crippen molar-refractivity contribution in [3.63, 3.8) is 0 Å². The largest absolute Gasteiger partial charge is 0.0683 e. The highest BCUT2D eigenvalue weighted by Gasteiger charge is 2.43. The maximum absolute atomic E-state index is 2.46. The Labute approximate surface area is 77.7 Å². The molecule has 0 N–H and O–H groups in total. The van der Waals surface area contributed by atoms with Gasteiger partial charge >= 0.3 is 0 Å². The zero-order chi connectivity index (χ0) is 9.19. The highest BCUT2D eigenvalue weighted by molar-refractivity contribution is 4.94. The van der Waals surface area contributed by atoms with Crippen LogP contribution in [-0.2, 0) is 0 Å². The molecule has 12 heavy (non-hydrogen) atoms.